The number of thiazole rings is 1. The van der Waals surface area contributed by atoms with Crippen molar-refractivity contribution in [2.75, 3.05) is 6.61 Å². The van der Waals surface area contributed by atoms with Crippen LogP contribution in [-0.2, 0) is 16.0 Å². The van der Waals surface area contributed by atoms with E-state index in [1.807, 2.05) is 5.38 Å². The van der Waals surface area contributed by atoms with E-state index in [0.29, 0.717) is 12.5 Å². The molecule has 1 fully saturated rings. The quantitative estimate of drug-likeness (QED) is 0.795. The summed E-state index contributed by atoms with van der Waals surface area (Å²) in [5.74, 6) is 0.376. The normalized spacial score (nSPS) is 17.1. The summed E-state index contributed by atoms with van der Waals surface area (Å²) in [6.45, 7) is 2.21. The van der Waals surface area contributed by atoms with Crippen LogP contribution in [0.15, 0.2) is 5.38 Å². The van der Waals surface area contributed by atoms with E-state index in [4.69, 9.17) is 10.5 Å². The molecule has 1 saturated carbocycles. The van der Waals surface area contributed by atoms with E-state index in [1.165, 1.54) is 12.8 Å². The number of aromatic nitrogens is 1. The molecule has 88 valence electrons. The molecule has 4 nitrogen and oxygen atoms in total. The second-order valence-corrected chi connectivity index (χ2v) is 4.91. The van der Waals surface area contributed by atoms with Gasteiger partial charge in [0.2, 0.25) is 0 Å². The Morgan fingerprint density at radius 3 is 3.12 bits per heavy atom. The molecule has 16 heavy (non-hydrogen) atoms. The summed E-state index contributed by atoms with van der Waals surface area (Å²) in [6.07, 6.45) is 2.66. The molecule has 0 saturated heterocycles. The molecule has 0 aromatic carbocycles. The Morgan fingerprint density at radius 2 is 2.50 bits per heavy atom. The molecule has 1 atom stereocenters. The maximum Gasteiger partial charge on any atom is 0.311 e. The highest BCUT2D eigenvalue weighted by Crippen LogP contribution is 2.40. The molecular formula is C11H16N2O2S. The molecule has 1 aromatic heterocycles. The zero-order chi connectivity index (χ0) is 11.5. The minimum atomic E-state index is -0.223. The van der Waals surface area contributed by atoms with Crippen LogP contribution in [0.4, 0.5) is 0 Å². The molecule has 0 bridgehead atoms. The van der Waals surface area contributed by atoms with Gasteiger partial charge in [-0.1, -0.05) is 0 Å². The average molecular weight is 240 g/mol. The lowest BCUT2D eigenvalue weighted by Gasteiger charge is -2.04. The minimum absolute atomic E-state index is 0.0564. The van der Waals surface area contributed by atoms with Gasteiger partial charge < -0.3 is 10.5 Å². The second kappa shape index (κ2) is 4.93. The van der Waals surface area contributed by atoms with Crippen molar-refractivity contribution >= 4 is 17.3 Å². The van der Waals surface area contributed by atoms with Gasteiger partial charge in [0.1, 0.15) is 5.01 Å². The van der Waals surface area contributed by atoms with Crippen LogP contribution in [0.1, 0.15) is 36.5 Å². The molecule has 0 amide bonds. The van der Waals surface area contributed by atoms with Gasteiger partial charge in [-0.3, -0.25) is 4.79 Å². The summed E-state index contributed by atoms with van der Waals surface area (Å²) in [6, 6.07) is 0.0564. The third kappa shape index (κ3) is 2.80. The van der Waals surface area contributed by atoms with Crippen LogP contribution in [0.2, 0.25) is 0 Å². The number of hydrogen-bond acceptors (Lipinski definition) is 5. The van der Waals surface area contributed by atoms with E-state index in [0.717, 1.165) is 10.7 Å². The van der Waals surface area contributed by atoms with Gasteiger partial charge in [-0.2, -0.15) is 0 Å². The van der Waals surface area contributed by atoms with Gasteiger partial charge in [0.15, 0.2) is 0 Å². The van der Waals surface area contributed by atoms with Gasteiger partial charge in [0.05, 0.1) is 24.8 Å². The fraction of sp³-hybridized carbons (Fsp3) is 0.636. The third-order valence-corrected chi connectivity index (χ3v) is 3.61. The topological polar surface area (TPSA) is 65.2 Å². The van der Waals surface area contributed by atoms with Crippen LogP contribution < -0.4 is 5.73 Å². The molecule has 0 aliphatic heterocycles. The second-order valence-electron chi connectivity index (χ2n) is 4.02. The van der Waals surface area contributed by atoms with Crippen LogP contribution in [0.5, 0.6) is 0 Å². The van der Waals surface area contributed by atoms with Crippen molar-refractivity contribution in [1.29, 1.82) is 0 Å². The number of carbonyl (C=O) groups excluding carboxylic acids is 1. The fourth-order valence-corrected chi connectivity index (χ4v) is 2.49. The Balaban J connectivity index is 1.93. The van der Waals surface area contributed by atoms with E-state index in [1.54, 1.807) is 18.3 Å². The monoisotopic (exact) mass is 240 g/mol. The zero-order valence-electron chi connectivity index (χ0n) is 9.31. The molecule has 0 spiro atoms. The molecule has 1 heterocycles. The van der Waals surface area contributed by atoms with Gasteiger partial charge in [0, 0.05) is 5.38 Å². The fourth-order valence-electron chi connectivity index (χ4n) is 1.57. The molecule has 1 aliphatic rings. The van der Waals surface area contributed by atoms with E-state index < -0.39 is 0 Å². The summed E-state index contributed by atoms with van der Waals surface area (Å²) in [5.41, 5.74) is 6.81. The van der Waals surface area contributed by atoms with E-state index >= 15 is 0 Å². The number of nitrogens with two attached hydrogens (primary N) is 1. The summed E-state index contributed by atoms with van der Waals surface area (Å²) < 4.78 is 4.87. The Hall–Kier alpha value is -0.940. The Kier molecular flexibility index (Phi) is 3.56. The van der Waals surface area contributed by atoms with Gasteiger partial charge in [-0.25, -0.2) is 4.98 Å². The van der Waals surface area contributed by atoms with Crippen LogP contribution in [0.25, 0.3) is 0 Å². The van der Waals surface area contributed by atoms with Gasteiger partial charge in [-0.15, -0.1) is 11.3 Å². The van der Waals surface area contributed by atoms with Crippen molar-refractivity contribution in [3.05, 3.63) is 16.1 Å². The maximum absolute atomic E-state index is 11.2. The molecule has 2 rings (SSSR count). The van der Waals surface area contributed by atoms with Crippen molar-refractivity contribution < 1.29 is 9.53 Å². The summed E-state index contributed by atoms with van der Waals surface area (Å²) in [7, 11) is 0. The van der Waals surface area contributed by atoms with Crippen LogP contribution >= 0.6 is 11.3 Å². The molecule has 5 heteroatoms. The van der Waals surface area contributed by atoms with Crippen molar-refractivity contribution in [2.45, 2.75) is 32.2 Å². The summed E-state index contributed by atoms with van der Waals surface area (Å²) in [4.78, 5) is 15.6. The van der Waals surface area contributed by atoms with Gasteiger partial charge in [0.25, 0.3) is 0 Å². The predicted molar refractivity (Wildman–Crippen MR) is 62.1 cm³/mol. The highest BCUT2D eigenvalue weighted by atomic mass is 32.1. The first-order chi connectivity index (χ1) is 7.70. The summed E-state index contributed by atoms with van der Waals surface area (Å²) >= 11 is 1.54. The van der Waals surface area contributed by atoms with E-state index in [9.17, 15) is 4.79 Å². The lowest BCUT2D eigenvalue weighted by atomic mass is 10.2. The number of hydrogen-bond donors (Lipinski definition) is 1. The first kappa shape index (κ1) is 11.5. The minimum Gasteiger partial charge on any atom is -0.466 e. The first-order valence-corrected chi connectivity index (χ1v) is 6.44. The highest BCUT2D eigenvalue weighted by molar-refractivity contribution is 7.09. The Morgan fingerprint density at radius 1 is 1.75 bits per heavy atom. The predicted octanol–water partition coefficient (Wildman–Crippen LogP) is 1.66. The highest BCUT2D eigenvalue weighted by Gasteiger charge is 2.31. The SMILES string of the molecule is CCOC(=O)Cc1csc(C(N)C2CC2)n1. The number of rotatable bonds is 5. The first-order valence-electron chi connectivity index (χ1n) is 5.56. The molecule has 0 radical (unpaired) electrons. The number of nitrogens with zero attached hydrogens (tertiary/aromatic N) is 1. The van der Waals surface area contributed by atoms with Crippen molar-refractivity contribution in [2.24, 2.45) is 11.7 Å². The third-order valence-electron chi connectivity index (χ3n) is 2.62. The smallest absolute Gasteiger partial charge is 0.311 e. The Labute approximate surface area is 98.8 Å². The molecule has 1 unspecified atom stereocenters. The van der Waals surface area contributed by atoms with Crippen molar-refractivity contribution in [3.8, 4) is 0 Å². The molecule has 1 aromatic rings. The lowest BCUT2D eigenvalue weighted by Crippen LogP contribution is -2.12. The maximum atomic E-state index is 11.2. The van der Waals surface area contributed by atoms with Crippen molar-refractivity contribution in [1.82, 2.24) is 4.98 Å². The summed E-state index contributed by atoms with van der Waals surface area (Å²) in [5, 5.41) is 2.84. The standard InChI is InChI=1S/C11H16N2O2S/c1-2-15-9(14)5-8-6-16-11(13-8)10(12)7-3-4-7/h6-7,10H,2-5,12H2,1H3. The number of ether oxygens (including phenoxy) is 1. The molecule has 1 aliphatic carbocycles. The van der Waals surface area contributed by atoms with Crippen LogP contribution in [0, 0.1) is 5.92 Å². The number of carbonyl (C=O) groups is 1. The average Bonchev–Trinajstić information content (AvgIpc) is 2.99. The van der Waals surface area contributed by atoms with Gasteiger partial charge >= 0.3 is 5.97 Å². The largest absolute Gasteiger partial charge is 0.466 e. The van der Waals surface area contributed by atoms with Crippen LogP contribution in [-0.4, -0.2) is 17.6 Å². The lowest BCUT2D eigenvalue weighted by molar-refractivity contribution is -0.142. The van der Waals surface area contributed by atoms with E-state index in [-0.39, 0.29) is 18.4 Å². The molecular weight excluding hydrogens is 224 g/mol. The van der Waals surface area contributed by atoms with Gasteiger partial charge in [-0.05, 0) is 25.7 Å². The van der Waals surface area contributed by atoms with Crippen LogP contribution in [0.3, 0.4) is 0 Å². The molecule has 2 N–H and O–H groups in total. The number of esters is 1. The zero-order valence-corrected chi connectivity index (χ0v) is 10.1. The van der Waals surface area contributed by atoms with Crippen molar-refractivity contribution in [3.63, 3.8) is 0 Å². The van der Waals surface area contributed by atoms with E-state index in [2.05, 4.69) is 4.98 Å². The Bertz CT molecular complexity index is 374.